The highest BCUT2D eigenvalue weighted by molar-refractivity contribution is 5.86. The highest BCUT2D eigenvalue weighted by Gasteiger charge is 2.73. The first-order chi connectivity index (χ1) is 25.5. The quantitative estimate of drug-likeness (QED) is 0.159. The first-order valence-electron chi connectivity index (χ1n) is 20.6. The van der Waals surface area contributed by atoms with Crippen LogP contribution in [-0.4, -0.2) is 127 Å². The van der Waals surface area contributed by atoms with E-state index < -0.39 is 90.1 Å². The van der Waals surface area contributed by atoms with Crippen molar-refractivity contribution < 1.29 is 64.2 Å². The second kappa shape index (κ2) is 12.8. The lowest BCUT2D eigenvalue weighted by molar-refractivity contribution is -0.376. The average Bonchev–Trinajstić information content (AvgIpc) is 3.11. The summed E-state index contributed by atoms with van der Waals surface area (Å²) in [7, 11) is 0. The average molecular weight is 777 g/mol. The minimum absolute atomic E-state index is 0.139. The van der Waals surface area contributed by atoms with Gasteiger partial charge in [0.15, 0.2) is 12.6 Å². The Morgan fingerprint density at radius 3 is 2.15 bits per heavy atom. The Morgan fingerprint density at radius 2 is 1.47 bits per heavy atom. The zero-order valence-corrected chi connectivity index (χ0v) is 33.6. The lowest BCUT2D eigenvalue weighted by atomic mass is 9.35. The van der Waals surface area contributed by atoms with Crippen LogP contribution in [0.2, 0.25) is 0 Å². The Balaban J connectivity index is 1.09. The molecule has 5 aliphatic carbocycles. The van der Waals surface area contributed by atoms with Gasteiger partial charge >= 0.3 is 5.97 Å². The Kier molecular flexibility index (Phi) is 9.35. The fraction of sp³-hybridized carbons (Fsp3) is 0.881. The molecule has 13 nitrogen and oxygen atoms in total. The van der Waals surface area contributed by atoms with Crippen molar-refractivity contribution in [3.05, 3.63) is 23.3 Å². The van der Waals surface area contributed by atoms with Crippen LogP contribution in [0.5, 0.6) is 0 Å². The second-order valence-corrected chi connectivity index (χ2v) is 20.2. The fourth-order valence-corrected chi connectivity index (χ4v) is 13.5. The number of carbonyl (C=O) groups is 1. The third-order valence-corrected chi connectivity index (χ3v) is 17.4. The zero-order chi connectivity index (χ0) is 40.1. The molecule has 310 valence electrons. The third kappa shape index (κ3) is 5.20. The van der Waals surface area contributed by atoms with E-state index in [2.05, 4.69) is 46.8 Å². The molecule has 3 saturated carbocycles. The van der Waals surface area contributed by atoms with Crippen molar-refractivity contribution in [1.29, 1.82) is 0 Å². The van der Waals surface area contributed by atoms with E-state index in [0.29, 0.717) is 25.7 Å². The maximum atomic E-state index is 13.7. The third-order valence-electron chi connectivity index (χ3n) is 17.4. The molecule has 7 N–H and O–H groups in total. The van der Waals surface area contributed by atoms with Crippen LogP contribution in [0.4, 0.5) is 0 Å². The summed E-state index contributed by atoms with van der Waals surface area (Å²) in [5, 5.41) is 75.9. The van der Waals surface area contributed by atoms with Gasteiger partial charge in [-0.2, -0.15) is 0 Å². The molecule has 1 unspecified atom stereocenters. The molecule has 55 heavy (non-hydrogen) atoms. The number of carbonyl (C=O) groups excluding carboxylic acids is 1. The maximum absolute atomic E-state index is 13.7. The topological polar surface area (TPSA) is 205 Å². The molecule has 0 aromatic heterocycles. The number of fused-ring (bicyclic) bond motifs is 7. The van der Waals surface area contributed by atoms with Gasteiger partial charge in [0.25, 0.3) is 0 Å². The largest absolute Gasteiger partial charge is 0.455 e. The summed E-state index contributed by atoms with van der Waals surface area (Å²) in [6.07, 6.45) is -3.47. The van der Waals surface area contributed by atoms with Gasteiger partial charge in [0.05, 0.1) is 24.2 Å². The van der Waals surface area contributed by atoms with Crippen LogP contribution in [0, 0.1) is 38.9 Å². The number of aliphatic hydroxyl groups excluding tert-OH is 6. The molecule has 0 amide bonds. The molecule has 1 spiro atoms. The summed E-state index contributed by atoms with van der Waals surface area (Å²) >= 11 is 0. The van der Waals surface area contributed by atoms with Gasteiger partial charge in [-0.15, -0.1) is 0 Å². The smallest absolute Gasteiger partial charge is 0.317 e. The van der Waals surface area contributed by atoms with Crippen molar-refractivity contribution in [2.45, 2.75) is 185 Å². The van der Waals surface area contributed by atoms with E-state index in [0.717, 1.165) is 36.8 Å². The summed E-state index contributed by atoms with van der Waals surface area (Å²) in [6, 6.07) is 0. The lowest BCUT2D eigenvalue weighted by Crippen LogP contribution is -2.71. The standard InChI is InChI=1S/C42H64O13/c1-20-26(44)28(46)30(48)33(51-20)54-31-29(47)27(45)22(19-43)52-34(31)53-25-12-13-37(4)23(36(25,2)3)11-14-39(6)24(37)10-9-21-32-41(8,50)40(7)16-18-42(32,35(49)55-40)17-15-38(21,39)5/h9-10,20,22-31,33-34,43-48,50H,11-19H2,1-8H3/t20-,22+,23?,24+,25-,26-,27+,28+,29-,30+,31+,33-,34-,37-,38+,39+,40-,41-,42+/m0/s1. The number of aliphatic hydroxyl groups is 7. The molecular formula is C42H64O13. The summed E-state index contributed by atoms with van der Waals surface area (Å²) < 4.78 is 30.6. The van der Waals surface area contributed by atoms with Crippen molar-refractivity contribution in [1.82, 2.24) is 0 Å². The summed E-state index contributed by atoms with van der Waals surface area (Å²) in [6.45, 7) is 16.3. The second-order valence-electron chi connectivity index (χ2n) is 20.2. The molecule has 9 aliphatic rings. The van der Waals surface area contributed by atoms with E-state index in [9.17, 15) is 40.5 Å². The lowest BCUT2D eigenvalue weighted by Gasteiger charge is -2.71. The summed E-state index contributed by atoms with van der Waals surface area (Å²) in [4.78, 5) is 13.7. The molecule has 4 saturated heterocycles. The predicted molar refractivity (Wildman–Crippen MR) is 196 cm³/mol. The summed E-state index contributed by atoms with van der Waals surface area (Å²) in [5.74, 6) is 0.205. The van der Waals surface area contributed by atoms with E-state index in [4.69, 9.17) is 23.7 Å². The molecule has 0 radical (unpaired) electrons. The van der Waals surface area contributed by atoms with Gasteiger partial charge in [-0.05, 0) is 117 Å². The van der Waals surface area contributed by atoms with Crippen LogP contribution >= 0.6 is 0 Å². The molecule has 13 heteroatoms. The van der Waals surface area contributed by atoms with E-state index in [1.165, 1.54) is 6.92 Å². The number of hydrogen-bond acceptors (Lipinski definition) is 13. The predicted octanol–water partition coefficient (Wildman–Crippen LogP) is 2.40. The van der Waals surface area contributed by atoms with Crippen LogP contribution in [0.25, 0.3) is 0 Å². The Labute approximate surface area is 324 Å². The highest BCUT2D eigenvalue weighted by Crippen LogP contribution is 2.75. The van der Waals surface area contributed by atoms with Crippen LogP contribution in [-0.2, 0) is 28.5 Å². The monoisotopic (exact) mass is 776 g/mol. The van der Waals surface area contributed by atoms with Crippen molar-refractivity contribution >= 4 is 5.97 Å². The first-order valence-corrected chi connectivity index (χ1v) is 20.6. The molecule has 7 fully saturated rings. The van der Waals surface area contributed by atoms with Crippen LogP contribution in [0.1, 0.15) is 107 Å². The minimum Gasteiger partial charge on any atom is -0.455 e. The Bertz CT molecular complexity index is 1630. The van der Waals surface area contributed by atoms with Gasteiger partial charge in [0, 0.05) is 0 Å². The van der Waals surface area contributed by atoms with Gasteiger partial charge in [0.1, 0.15) is 53.9 Å². The molecule has 0 aromatic rings. The number of allylic oxidation sites excluding steroid dienone is 3. The molecule has 2 bridgehead atoms. The number of rotatable bonds is 5. The molecule has 9 rings (SSSR count). The van der Waals surface area contributed by atoms with E-state index in [-0.39, 0.29) is 40.2 Å². The van der Waals surface area contributed by atoms with Crippen molar-refractivity contribution in [3.8, 4) is 0 Å². The minimum atomic E-state index is -1.65. The Hall–Kier alpha value is -1.49. The molecule has 0 aromatic carbocycles. The number of hydrogen-bond donors (Lipinski definition) is 7. The number of esters is 1. The van der Waals surface area contributed by atoms with Gasteiger partial charge in [-0.3, -0.25) is 4.79 Å². The normalized spacial score (nSPS) is 56.9. The van der Waals surface area contributed by atoms with Gasteiger partial charge in [0.2, 0.25) is 0 Å². The van der Waals surface area contributed by atoms with E-state index >= 15 is 0 Å². The molecule has 4 heterocycles. The number of ether oxygens (including phenoxy) is 5. The van der Waals surface area contributed by atoms with Crippen LogP contribution in [0.3, 0.4) is 0 Å². The van der Waals surface area contributed by atoms with Gasteiger partial charge in [-0.1, -0.05) is 46.8 Å². The van der Waals surface area contributed by atoms with E-state index in [1.807, 2.05) is 13.8 Å². The van der Waals surface area contributed by atoms with Gasteiger partial charge < -0.3 is 59.4 Å². The molecule has 4 aliphatic heterocycles. The van der Waals surface area contributed by atoms with Crippen molar-refractivity contribution in [2.75, 3.05) is 6.61 Å². The van der Waals surface area contributed by atoms with Crippen LogP contribution in [0.15, 0.2) is 23.3 Å². The molecule has 19 atom stereocenters. The van der Waals surface area contributed by atoms with Gasteiger partial charge in [-0.25, -0.2) is 0 Å². The fourth-order valence-electron chi connectivity index (χ4n) is 13.5. The van der Waals surface area contributed by atoms with Crippen LogP contribution < -0.4 is 0 Å². The summed E-state index contributed by atoms with van der Waals surface area (Å²) in [5.41, 5.74) is -2.02. The van der Waals surface area contributed by atoms with Crippen molar-refractivity contribution in [3.63, 3.8) is 0 Å². The SMILES string of the molecule is C[C@@H]1O[C@@H](O[C@H]2[C@H](O[C@H]3CC[C@@]4(C)C(CC[C@]5(C)[C@@H]4C=CC4=C6[C@]7(CC[C@](C)(OC7=O)[C@@]6(C)O)CC[C@]45C)C3(C)C)O[C@H](CO)[C@@H](O)[C@@H]2O)[C@H](O)[C@H](O)[C@H]1O. The van der Waals surface area contributed by atoms with E-state index in [1.54, 1.807) is 0 Å². The first kappa shape index (κ1) is 40.3. The van der Waals surface area contributed by atoms with Crippen molar-refractivity contribution in [2.24, 2.45) is 38.9 Å². The zero-order valence-electron chi connectivity index (χ0n) is 33.6. The Morgan fingerprint density at radius 1 is 0.782 bits per heavy atom. The highest BCUT2D eigenvalue weighted by atomic mass is 16.8. The molecular weight excluding hydrogens is 712 g/mol. The maximum Gasteiger partial charge on any atom is 0.317 e.